The molecule has 5 nitrogen and oxygen atoms in total. The fraction of sp³-hybridized carbons (Fsp3) is 0.235. The minimum absolute atomic E-state index is 0.0733. The summed E-state index contributed by atoms with van der Waals surface area (Å²) in [5.41, 5.74) is 1.09. The lowest BCUT2D eigenvalue weighted by molar-refractivity contribution is 0.0640. The van der Waals surface area contributed by atoms with Crippen molar-refractivity contribution in [1.29, 1.82) is 0 Å². The van der Waals surface area contributed by atoms with Gasteiger partial charge in [-0.3, -0.25) is 14.5 Å². The van der Waals surface area contributed by atoms with Gasteiger partial charge in [-0.2, -0.15) is 0 Å². The zero-order chi connectivity index (χ0) is 16.4. The second-order valence-electron chi connectivity index (χ2n) is 5.21. The van der Waals surface area contributed by atoms with Crippen molar-refractivity contribution in [3.05, 3.63) is 59.0 Å². The van der Waals surface area contributed by atoms with Crippen molar-refractivity contribution in [1.82, 2.24) is 9.88 Å². The number of amides is 2. The number of hydrogen-bond acceptors (Lipinski definition) is 4. The maximum atomic E-state index is 13.5. The van der Waals surface area contributed by atoms with Gasteiger partial charge in [-0.15, -0.1) is 0 Å². The van der Waals surface area contributed by atoms with Crippen molar-refractivity contribution in [2.75, 3.05) is 6.61 Å². The first kappa shape index (κ1) is 15.1. The fourth-order valence-electron chi connectivity index (χ4n) is 2.46. The standard InChI is InChI=1S/C17H15FN2O3/c1-2-7-23-15-11(8-12(18)9-19-15)10-20-16(21)13-5-3-4-6-14(13)17(20)22/h3-6,8-9H,2,7,10H2,1H3. The van der Waals surface area contributed by atoms with E-state index in [0.717, 1.165) is 17.5 Å². The molecule has 1 aromatic carbocycles. The number of pyridine rings is 1. The molecule has 0 bridgehead atoms. The summed E-state index contributed by atoms with van der Waals surface area (Å²) in [4.78, 5) is 29.7. The number of ether oxygens (including phenoxy) is 1. The van der Waals surface area contributed by atoms with Crippen molar-refractivity contribution in [3.63, 3.8) is 0 Å². The molecule has 1 aliphatic heterocycles. The highest BCUT2D eigenvalue weighted by Crippen LogP contribution is 2.26. The molecule has 0 N–H and O–H groups in total. The number of carbonyl (C=O) groups excluding carboxylic acids is 2. The van der Waals surface area contributed by atoms with Crippen LogP contribution in [-0.2, 0) is 6.54 Å². The Bertz CT molecular complexity index is 741. The number of rotatable bonds is 5. The summed E-state index contributed by atoms with van der Waals surface area (Å²) in [6.45, 7) is 2.29. The largest absolute Gasteiger partial charge is 0.477 e. The van der Waals surface area contributed by atoms with Crippen molar-refractivity contribution in [2.24, 2.45) is 0 Å². The topological polar surface area (TPSA) is 59.5 Å². The van der Waals surface area contributed by atoms with Gasteiger partial charge in [0.2, 0.25) is 5.88 Å². The van der Waals surface area contributed by atoms with Gasteiger partial charge in [0.1, 0.15) is 5.82 Å². The van der Waals surface area contributed by atoms with E-state index in [-0.39, 0.29) is 12.4 Å². The monoisotopic (exact) mass is 314 g/mol. The molecule has 0 atom stereocenters. The van der Waals surface area contributed by atoms with Crippen molar-refractivity contribution < 1.29 is 18.7 Å². The normalized spacial score (nSPS) is 13.4. The van der Waals surface area contributed by atoms with Crippen molar-refractivity contribution >= 4 is 11.8 Å². The summed E-state index contributed by atoms with van der Waals surface area (Å²) in [5.74, 6) is -1.09. The zero-order valence-corrected chi connectivity index (χ0v) is 12.6. The van der Waals surface area contributed by atoms with E-state index in [0.29, 0.717) is 23.3 Å². The Morgan fingerprint density at radius 3 is 2.43 bits per heavy atom. The van der Waals surface area contributed by atoms with E-state index in [1.165, 1.54) is 6.07 Å². The van der Waals surface area contributed by atoms with Crippen LogP contribution in [-0.4, -0.2) is 28.3 Å². The van der Waals surface area contributed by atoms with E-state index in [2.05, 4.69) is 4.98 Å². The number of benzene rings is 1. The van der Waals surface area contributed by atoms with Gasteiger partial charge >= 0.3 is 0 Å². The molecule has 0 saturated heterocycles. The lowest BCUT2D eigenvalue weighted by atomic mass is 10.1. The molecular weight excluding hydrogens is 299 g/mol. The summed E-state index contributed by atoms with van der Waals surface area (Å²) in [5, 5.41) is 0. The first-order valence-corrected chi connectivity index (χ1v) is 7.34. The Morgan fingerprint density at radius 2 is 1.83 bits per heavy atom. The molecular formula is C17H15FN2O3. The van der Waals surface area contributed by atoms with E-state index in [4.69, 9.17) is 4.74 Å². The third-order valence-electron chi connectivity index (χ3n) is 3.54. The highest BCUT2D eigenvalue weighted by molar-refractivity contribution is 6.21. The number of fused-ring (bicyclic) bond motifs is 1. The summed E-state index contributed by atoms with van der Waals surface area (Å²) < 4.78 is 19.0. The average Bonchev–Trinajstić information content (AvgIpc) is 2.80. The van der Waals surface area contributed by atoms with Gasteiger partial charge < -0.3 is 4.74 Å². The van der Waals surface area contributed by atoms with Gasteiger partial charge in [-0.1, -0.05) is 19.1 Å². The predicted octanol–water partition coefficient (Wildman–Crippen LogP) is 2.81. The van der Waals surface area contributed by atoms with Crippen LogP contribution in [0.5, 0.6) is 5.88 Å². The maximum Gasteiger partial charge on any atom is 0.261 e. The van der Waals surface area contributed by atoms with E-state index in [1.807, 2.05) is 6.92 Å². The maximum absolute atomic E-state index is 13.5. The van der Waals surface area contributed by atoms with E-state index >= 15 is 0 Å². The number of aromatic nitrogens is 1. The SMILES string of the molecule is CCCOc1ncc(F)cc1CN1C(=O)c2ccccc2C1=O. The summed E-state index contributed by atoms with van der Waals surface area (Å²) in [6.07, 6.45) is 1.82. The van der Waals surface area contributed by atoms with Crippen LogP contribution in [0.2, 0.25) is 0 Å². The second-order valence-corrected chi connectivity index (χ2v) is 5.21. The molecule has 0 radical (unpaired) electrons. The van der Waals surface area contributed by atoms with Gasteiger partial charge in [0.25, 0.3) is 11.8 Å². The molecule has 6 heteroatoms. The lowest BCUT2D eigenvalue weighted by Gasteiger charge is -2.16. The third kappa shape index (κ3) is 2.79. The molecule has 0 fully saturated rings. The van der Waals surface area contributed by atoms with Crippen LogP contribution < -0.4 is 4.74 Å². The molecule has 1 aliphatic rings. The second kappa shape index (κ2) is 6.16. The van der Waals surface area contributed by atoms with Crippen LogP contribution in [0.15, 0.2) is 36.5 Å². The van der Waals surface area contributed by atoms with Gasteiger partial charge in [0.05, 0.1) is 30.5 Å². The number of carbonyl (C=O) groups is 2. The summed E-state index contributed by atoms with van der Waals surface area (Å²) in [7, 11) is 0. The van der Waals surface area contributed by atoms with Gasteiger partial charge in [0.15, 0.2) is 0 Å². The number of halogens is 1. The molecule has 0 aliphatic carbocycles. The first-order valence-electron chi connectivity index (χ1n) is 7.34. The quantitative estimate of drug-likeness (QED) is 0.796. The summed E-state index contributed by atoms with van der Waals surface area (Å²) >= 11 is 0. The van der Waals surface area contributed by atoms with E-state index in [1.54, 1.807) is 24.3 Å². The van der Waals surface area contributed by atoms with Crippen molar-refractivity contribution in [3.8, 4) is 5.88 Å². The van der Waals surface area contributed by atoms with Crippen LogP contribution in [0.25, 0.3) is 0 Å². The van der Waals surface area contributed by atoms with Gasteiger partial charge in [0, 0.05) is 5.56 Å². The predicted molar refractivity (Wildman–Crippen MR) is 80.6 cm³/mol. The molecule has 1 aromatic heterocycles. The molecule has 0 spiro atoms. The van der Waals surface area contributed by atoms with Crippen molar-refractivity contribution in [2.45, 2.75) is 19.9 Å². The minimum atomic E-state index is -0.541. The molecule has 0 saturated carbocycles. The minimum Gasteiger partial charge on any atom is -0.477 e. The third-order valence-corrected chi connectivity index (χ3v) is 3.54. The Morgan fingerprint density at radius 1 is 1.17 bits per heavy atom. The van der Waals surface area contributed by atoms with Gasteiger partial charge in [-0.25, -0.2) is 9.37 Å². The zero-order valence-electron chi connectivity index (χ0n) is 12.6. The number of hydrogen-bond donors (Lipinski definition) is 0. The fourth-order valence-corrected chi connectivity index (χ4v) is 2.46. The Kier molecular flexibility index (Phi) is 4.06. The molecule has 0 unspecified atom stereocenters. The molecule has 2 heterocycles. The number of imide groups is 1. The lowest BCUT2D eigenvalue weighted by Crippen LogP contribution is -2.29. The summed E-state index contributed by atoms with van der Waals surface area (Å²) in [6, 6.07) is 7.85. The highest BCUT2D eigenvalue weighted by Gasteiger charge is 2.35. The Hall–Kier alpha value is -2.76. The van der Waals surface area contributed by atoms with E-state index in [9.17, 15) is 14.0 Å². The van der Waals surface area contributed by atoms with Crippen LogP contribution in [0.3, 0.4) is 0 Å². The van der Waals surface area contributed by atoms with Crippen LogP contribution in [0.1, 0.15) is 39.6 Å². The smallest absolute Gasteiger partial charge is 0.261 e. The Balaban J connectivity index is 1.90. The molecule has 2 amide bonds. The van der Waals surface area contributed by atoms with E-state index < -0.39 is 17.6 Å². The van der Waals surface area contributed by atoms with Crippen LogP contribution in [0.4, 0.5) is 4.39 Å². The molecule has 23 heavy (non-hydrogen) atoms. The Labute approximate surface area is 132 Å². The molecule has 118 valence electrons. The van der Waals surface area contributed by atoms with Gasteiger partial charge in [-0.05, 0) is 24.6 Å². The highest BCUT2D eigenvalue weighted by atomic mass is 19.1. The van der Waals surface area contributed by atoms with Crippen LogP contribution >= 0.6 is 0 Å². The number of nitrogens with zero attached hydrogens (tertiary/aromatic N) is 2. The average molecular weight is 314 g/mol. The first-order chi connectivity index (χ1) is 11.1. The molecule has 3 rings (SSSR count). The van der Waals surface area contributed by atoms with Crippen LogP contribution in [0, 0.1) is 5.82 Å². The molecule has 2 aromatic rings.